The van der Waals surface area contributed by atoms with Crippen molar-refractivity contribution in [2.24, 2.45) is 7.05 Å². The molecule has 1 atom stereocenters. The number of aryl methyl sites for hydroxylation is 2. The number of nitrogens with zero attached hydrogens (tertiary/aromatic N) is 4. The Bertz CT molecular complexity index is 527. The lowest BCUT2D eigenvalue weighted by atomic mass is 10.0. The highest BCUT2D eigenvalue weighted by Gasteiger charge is 2.26. The topological polar surface area (TPSA) is 49.7 Å². The van der Waals surface area contributed by atoms with Crippen LogP contribution in [0.3, 0.4) is 0 Å². The molecule has 0 spiro atoms. The van der Waals surface area contributed by atoms with Gasteiger partial charge in [-0.25, -0.2) is 4.98 Å². The second kappa shape index (κ2) is 4.57. The largest absolute Gasteiger partial charge is 0.337 e. The predicted molar refractivity (Wildman–Crippen MR) is 69.2 cm³/mol. The second-order valence-corrected chi connectivity index (χ2v) is 5.14. The van der Waals surface area contributed by atoms with E-state index in [0.717, 1.165) is 25.5 Å². The number of likely N-dealkylation sites (tertiary alicyclic amines) is 1. The van der Waals surface area contributed by atoms with Crippen molar-refractivity contribution in [3.63, 3.8) is 0 Å². The van der Waals surface area contributed by atoms with E-state index in [1.54, 1.807) is 0 Å². The molecule has 5 heteroatoms. The van der Waals surface area contributed by atoms with Crippen molar-refractivity contribution in [2.75, 3.05) is 13.1 Å². The standard InChI is InChI=1S/C13H19N5/c1-10-7-15-16-13(10)11-3-5-18(8-11)9-12-14-4-6-17(12)2/h4,6-7,11H,3,5,8-9H2,1-2H3,(H,15,16). The number of H-pyrrole nitrogens is 1. The maximum Gasteiger partial charge on any atom is 0.122 e. The van der Waals surface area contributed by atoms with E-state index in [1.807, 2.05) is 18.6 Å². The summed E-state index contributed by atoms with van der Waals surface area (Å²) in [6, 6.07) is 0. The first kappa shape index (κ1) is 11.5. The maximum absolute atomic E-state index is 4.39. The van der Waals surface area contributed by atoms with Crippen LogP contribution in [0.25, 0.3) is 0 Å². The Morgan fingerprint density at radius 3 is 3.06 bits per heavy atom. The van der Waals surface area contributed by atoms with E-state index >= 15 is 0 Å². The van der Waals surface area contributed by atoms with Crippen LogP contribution in [-0.4, -0.2) is 37.7 Å². The van der Waals surface area contributed by atoms with Gasteiger partial charge >= 0.3 is 0 Å². The molecular formula is C13H19N5. The molecule has 5 nitrogen and oxygen atoms in total. The number of hydrogen-bond donors (Lipinski definition) is 1. The molecule has 3 rings (SSSR count). The molecule has 1 N–H and O–H groups in total. The Kier molecular flexibility index (Phi) is 2.91. The summed E-state index contributed by atoms with van der Waals surface area (Å²) in [5.41, 5.74) is 2.58. The third kappa shape index (κ3) is 2.06. The first-order chi connectivity index (χ1) is 8.74. The molecule has 2 aromatic rings. The van der Waals surface area contributed by atoms with Gasteiger partial charge < -0.3 is 4.57 Å². The Hall–Kier alpha value is -1.62. The highest BCUT2D eigenvalue weighted by atomic mass is 15.2. The van der Waals surface area contributed by atoms with Crippen LogP contribution in [0.1, 0.15) is 29.4 Å². The fourth-order valence-electron chi connectivity index (χ4n) is 2.73. The third-order valence-electron chi connectivity index (χ3n) is 3.83. The number of rotatable bonds is 3. The van der Waals surface area contributed by atoms with Crippen molar-refractivity contribution in [2.45, 2.75) is 25.8 Å². The summed E-state index contributed by atoms with van der Waals surface area (Å²) < 4.78 is 2.09. The Morgan fingerprint density at radius 1 is 1.50 bits per heavy atom. The summed E-state index contributed by atoms with van der Waals surface area (Å²) in [4.78, 5) is 6.85. The van der Waals surface area contributed by atoms with Gasteiger partial charge in [0.1, 0.15) is 5.82 Å². The molecule has 0 bridgehead atoms. The Balaban J connectivity index is 1.66. The maximum atomic E-state index is 4.39. The minimum atomic E-state index is 0.591. The lowest BCUT2D eigenvalue weighted by Crippen LogP contribution is -2.21. The van der Waals surface area contributed by atoms with E-state index in [4.69, 9.17) is 0 Å². The average molecular weight is 245 g/mol. The zero-order chi connectivity index (χ0) is 12.5. The van der Waals surface area contributed by atoms with Gasteiger partial charge in [0.15, 0.2) is 0 Å². The molecule has 96 valence electrons. The zero-order valence-corrected chi connectivity index (χ0v) is 10.9. The molecule has 1 aliphatic rings. The average Bonchev–Trinajstić information content (AvgIpc) is 3.03. The monoisotopic (exact) mass is 245 g/mol. The fourth-order valence-corrected chi connectivity index (χ4v) is 2.73. The first-order valence-corrected chi connectivity index (χ1v) is 6.42. The molecule has 0 aliphatic carbocycles. The second-order valence-electron chi connectivity index (χ2n) is 5.14. The smallest absolute Gasteiger partial charge is 0.122 e. The number of imidazole rings is 1. The fraction of sp³-hybridized carbons (Fsp3) is 0.538. The highest BCUT2D eigenvalue weighted by Crippen LogP contribution is 2.28. The Labute approximate surface area is 107 Å². The van der Waals surface area contributed by atoms with E-state index in [1.165, 1.54) is 17.7 Å². The van der Waals surface area contributed by atoms with Crippen molar-refractivity contribution in [3.8, 4) is 0 Å². The van der Waals surface area contributed by atoms with E-state index < -0.39 is 0 Å². The van der Waals surface area contributed by atoms with E-state index in [9.17, 15) is 0 Å². The van der Waals surface area contributed by atoms with Gasteiger partial charge in [-0.2, -0.15) is 5.10 Å². The summed E-state index contributed by atoms with van der Waals surface area (Å²) >= 11 is 0. The van der Waals surface area contributed by atoms with Crippen molar-refractivity contribution in [3.05, 3.63) is 35.7 Å². The summed E-state index contributed by atoms with van der Waals surface area (Å²) in [5.74, 6) is 1.73. The van der Waals surface area contributed by atoms with Crippen LogP contribution in [-0.2, 0) is 13.6 Å². The molecule has 18 heavy (non-hydrogen) atoms. The van der Waals surface area contributed by atoms with Crippen LogP contribution in [0.5, 0.6) is 0 Å². The van der Waals surface area contributed by atoms with Crippen LogP contribution in [0.15, 0.2) is 18.6 Å². The molecule has 0 saturated carbocycles. The zero-order valence-electron chi connectivity index (χ0n) is 10.9. The van der Waals surface area contributed by atoms with Crippen LogP contribution >= 0.6 is 0 Å². The number of hydrogen-bond acceptors (Lipinski definition) is 3. The summed E-state index contributed by atoms with van der Waals surface area (Å²) in [6.45, 7) is 5.29. The third-order valence-corrected chi connectivity index (χ3v) is 3.83. The van der Waals surface area contributed by atoms with Crippen LogP contribution in [0.2, 0.25) is 0 Å². The molecule has 1 aliphatic heterocycles. The van der Waals surface area contributed by atoms with E-state index in [0.29, 0.717) is 5.92 Å². The molecule has 1 saturated heterocycles. The summed E-state index contributed by atoms with van der Waals surface area (Å²) in [7, 11) is 2.05. The van der Waals surface area contributed by atoms with Gasteiger partial charge in [0.2, 0.25) is 0 Å². The van der Waals surface area contributed by atoms with E-state index in [2.05, 4.69) is 38.6 Å². The normalized spacial score (nSPS) is 20.7. The van der Waals surface area contributed by atoms with Crippen LogP contribution < -0.4 is 0 Å². The molecule has 1 fully saturated rings. The number of nitrogens with one attached hydrogen (secondary N) is 1. The van der Waals surface area contributed by atoms with Crippen molar-refractivity contribution in [1.82, 2.24) is 24.6 Å². The lowest BCUT2D eigenvalue weighted by Gasteiger charge is -2.15. The quantitative estimate of drug-likeness (QED) is 0.890. The van der Waals surface area contributed by atoms with Gasteiger partial charge in [-0.05, 0) is 25.5 Å². The molecular weight excluding hydrogens is 226 g/mol. The van der Waals surface area contributed by atoms with E-state index in [-0.39, 0.29) is 0 Å². The van der Waals surface area contributed by atoms with Crippen LogP contribution in [0, 0.1) is 6.92 Å². The molecule has 1 unspecified atom stereocenters. The van der Waals surface area contributed by atoms with Crippen molar-refractivity contribution in [1.29, 1.82) is 0 Å². The first-order valence-electron chi connectivity index (χ1n) is 6.42. The highest BCUT2D eigenvalue weighted by molar-refractivity contribution is 5.20. The minimum Gasteiger partial charge on any atom is -0.337 e. The molecule has 0 amide bonds. The summed E-state index contributed by atoms with van der Waals surface area (Å²) in [6.07, 6.45) is 6.98. The SMILES string of the molecule is Cc1cn[nH]c1C1CCN(Cc2nccn2C)C1. The van der Waals surface area contributed by atoms with Crippen molar-refractivity contribution >= 4 is 0 Å². The minimum absolute atomic E-state index is 0.591. The van der Waals surface area contributed by atoms with Gasteiger partial charge in [0.05, 0.1) is 12.7 Å². The summed E-state index contributed by atoms with van der Waals surface area (Å²) in [5, 5.41) is 7.26. The van der Waals surface area contributed by atoms with Gasteiger partial charge in [-0.3, -0.25) is 10.00 Å². The Morgan fingerprint density at radius 2 is 2.39 bits per heavy atom. The molecule has 3 heterocycles. The molecule has 2 aromatic heterocycles. The van der Waals surface area contributed by atoms with Gasteiger partial charge in [-0.1, -0.05) is 0 Å². The predicted octanol–water partition coefficient (Wildman–Crippen LogP) is 1.44. The number of aromatic amines is 1. The van der Waals surface area contributed by atoms with Gasteiger partial charge in [0, 0.05) is 37.6 Å². The van der Waals surface area contributed by atoms with Crippen molar-refractivity contribution < 1.29 is 0 Å². The van der Waals surface area contributed by atoms with Gasteiger partial charge in [0.25, 0.3) is 0 Å². The van der Waals surface area contributed by atoms with Gasteiger partial charge in [-0.15, -0.1) is 0 Å². The number of aromatic nitrogens is 4. The lowest BCUT2D eigenvalue weighted by molar-refractivity contribution is 0.314. The van der Waals surface area contributed by atoms with Crippen LogP contribution in [0.4, 0.5) is 0 Å². The molecule has 0 radical (unpaired) electrons. The molecule has 0 aromatic carbocycles.